The molecule has 1 saturated heterocycles. The van der Waals surface area contributed by atoms with Crippen LogP contribution >= 0.6 is 0 Å². The van der Waals surface area contributed by atoms with E-state index in [1.807, 2.05) is 18.7 Å². The van der Waals surface area contributed by atoms with E-state index in [0.29, 0.717) is 24.9 Å². The maximum Gasteiger partial charge on any atom is 0.353 e. The predicted molar refractivity (Wildman–Crippen MR) is 85.3 cm³/mol. The molecule has 1 aliphatic heterocycles. The number of hydrogen-bond donors (Lipinski definition) is 3. The van der Waals surface area contributed by atoms with E-state index in [4.69, 9.17) is 5.73 Å². The Morgan fingerprint density at radius 1 is 1.45 bits per heavy atom. The van der Waals surface area contributed by atoms with Crippen LogP contribution in [-0.2, 0) is 0 Å². The average molecular weight is 310 g/mol. The number of nitrogens with one attached hydrogen (secondary N) is 2. The van der Waals surface area contributed by atoms with Crippen LogP contribution in [0.4, 0.5) is 23.3 Å². The number of piperazine rings is 1. The molecule has 1 aliphatic rings. The van der Waals surface area contributed by atoms with Gasteiger partial charge in [-0.15, -0.1) is 0 Å². The van der Waals surface area contributed by atoms with Crippen molar-refractivity contribution in [3.8, 4) is 0 Å². The second-order valence-corrected chi connectivity index (χ2v) is 5.76. The molecule has 2 rings (SSSR count). The summed E-state index contributed by atoms with van der Waals surface area (Å²) in [4.78, 5) is 22.6. The third kappa shape index (κ3) is 3.53. The summed E-state index contributed by atoms with van der Waals surface area (Å²) in [7, 11) is 2.11. The zero-order chi connectivity index (χ0) is 16.3. The third-order valence-corrected chi connectivity index (χ3v) is 3.98. The molecule has 2 heterocycles. The summed E-state index contributed by atoms with van der Waals surface area (Å²) in [6, 6.07) is 0.172. The molecule has 4 N–H and O–H groups in total. The summed E-state index contributed by atoms with van der Waals surface area (Å²) in [5.41, 5.74) is 5.61. The van der Waals surface area contributed by atoms with Gasteiger partial charge in [0.05, 0.1) is 38.2 Å². The molecule has 9 nitrogen and oxygen atoms in total. The molecule has 1 atom stereocenters. The first-order chi connectivity index (χ1) is 10.4. The summed E-state index contributed by atoms with van der Waals surface area (Å²) in [6.45, 7) is 7.29. The van der Waals surface area contributed by atoms with Gasteiger partial charge < -0.3 is 20.9 Å². The van der Waals surface area contributed by atoms with E-state index in [1.54, 1.807) is 0 Å². The number of rotatable bonds is 5. The normalized spacial score (nSPS) is 17.3. The second-order valence-electron chi connectivity index (χ2n) is 5.76. The van der Waals surface area contributed by atoms with Gasteiger partial charge in [-0.1, -0.05) is 6.92 Å². The van der Waals surface area contributed by atoms with Crippen LogP contribution in [0.3, 0.4) is 0 Å². The third-order valence-electron chi connectivity index (χ3n) is 3.98. The molecule has 0 aliphatic carbocycles. The SMILES string of the molecule is CC[C@@H](C)Nc1nc(N)c([N+](=O)[O-])c(N2CC[NH+](C)CC2)n1. The maximum atomic E-state index is 11.3. The number of nitrogens with zero attached hydrogens (tertiary/aromatic N) is 4. The van der Waals surface area contributed by atoms with Crippen LogP contribution in [0.15, 0.2) is 0 Å². The van der Waals surface area contributed by atoms with Crippen molar-refractivity contribution in [2.45, 2.75) is 26.3 Å². The number of likely N-dealkylation sites (N-methyl/N-ethyl adjacent to an activating group) is 1. The molecule has 1 fully saturated rings. The summed E-state index contributed by atoms with van der Waals surface area (Å²) in [5.74, 6) is 0.571. The monoisotopic (exact) mass is 310 g/mol. The molecule has 0 unspecified atom stereocenters. The van der Waals surface area contributed by atoms with Gasteiger partial charge in [0.1, 0.15) is 0 Å². The summed E-state index contributed by atoms with van der Waals surface area (Å²) in [6.07, 6.45) is 0.896. The molecule has 0 amide bonds. The fourth-order valence-corrected chi connectivity index (χ4v) is 2.34. The zero-order valence-corrected chi connectivity index (χ0v) is 13.3. The van der Waals surface area contributed by atoms with Gasteiger partial charge in [0.25, 0.3) is 0 Å². The highest BCUT2D eigenvalue weighted by atomic mass is 16.6. The Morgan fingerprint density at radius 3 is 2.64 bits per heavy atom. The van der Waals surface area contributed by atoms with Crippen molar-refractivity contribution >= 4 is 23.3 Å². The smallest absolute Gasteiger partial charge is 0.353 e. The number of hydrogen-bond acceptors (Lipinski definition) is 7. The van der Waals surface area contributed by atoms with E-state index < -0.39 is 4.92 Å². The van der Waals surface area contributed by atoms with Gasteiger partial charge in [-0.2, -0.15) is 9.97 Å². The Labute approximate surface area is 129 Å². The molecule has 1 aromatic rings. The Bertz CT molecular complexity index is 543. The number of quaternary nitrogens is 1. The first-order valence-corrected chi connectivity index (χ1v) is 7.57. The van der Waals surface area contributed by atoms with Crippen molar-refractivity contribution in [1.82, 2.24) is 9.97 Å². The first kappa shape index (κ1) is 16.2. The highest BCUT2D eigenvalue weighted by molar-refractivity contribution is 5.71. The van der Waals surface area contributed by atoms with Crippen LogP contribution in [0.2, 0.25) is 0 Å². The summed E-state index contributed by atoms with van der Waals surface area (Å²) < 4.78 is 0. The van der Waals surface area contributed by atoms with Crippen LogP contribution in [0.5, 0.6) is 0 Å². The fourth-order valence-electron chi connectivity index (χ4n) is 2.34. The summed E-state index contributed by atoms with van der Waals surface area (Å²) >= 11 is 0. The minimum Gasteiger partial charge on any atom is -0.378 e. The average Bonchev–Trinajstić information content (AvgIpc) is 2.46. The predicted octanol–water partition coefficient (Wildman–Crippen LogP) is -0.488. The molecule has 22 heavy (non-hydrogen) atoms. The van der Waals surface area contributed by atoms with Crippen LogP contribution in [0, 0.1) is 10.1 Å². The minimum absolute atomic E-state index is 0.0907. The van der Waals surface area contributed by atoms with Gasteiger partial charge in [0.15, 0.2) is 0 Å². The molecule has 1 aromatic heterocycles. The van der Waals surface area contributed by atoms with Crippen molar-refractivity contribution in [3.63, 3.8) is 0 Å². The lowest BCUT2D eigenvalue weighted by atomic mass is 10.3. The van der Waals surface area contributed by atoms with Gasteiger partial charge in [-0.05, 0) is 13.3 Å². The Kier molecular flexibility index (Phi) is 4.96. The van der Waals surface area contributed by atoms with Crippen molar-refractivity contribution in [2.75, 3.05) is 49.2 Å². The van der Waals surface area contributed by atoms with Crippen LogP contribution in [0.25, 0.3) is 0 Å². The lowest BCUT2D eigenvalue weighted by Crippen LogP contribution is -3.12. The minimum atomic E-state index is -0.497. The Balaban J connectivity index is 2.37. The van der Waals surface area contributed by atoms with Crippen LogP contribution in [0.1, 0.15) is 20.3 Å². The van der Waals surface area contributed by atoms with Gasteiger partial charge in [0, 0.05) is 6.04 Å². The van der Waals surface area contributed by atoms with E-state index in [1.165, 1.54) is 4.90 Å². The van der Waals surface area contributed by atoms with E-state index in [-0.39, 0.29) is 17.5 Å². The van der Waals surface area contributed by atoms with Crippen molar-refractivity contribution in [2.24, 2.45) is 0 Å². The molecule has 0 radical (unpaired) electrons. The maximum absolute atomic E-state index is 11.3. The van der Waals surface area contributed by atoms with Gasteiger partial charge >= 0.3 is 5.69 Å². The summed E-state index contributed by atoms with van der Waals surface area (Å²) in [5, 5.41) is 14.5. The molecule has 0 spiro atoms. The van der Waals surface area contributed by atoms with Crippen molar-refractivity contribution in [3.05, 3.63) is 10.1 Å². The van der Waals surface area contributed by atoms with Gasteiger partial charge in [-0.3, -0.25) is 10.1 Å². The molecule has 122 valence electrons. The van der Waals surface area contributed by atoms with E-state index in [0.717, 1.165) is 19.5 Å². The highest BCUT2D eigenvalue weighted by Gasteiger charge is 2.30. The molecular formula is C13H24N7O2+. The Hall–Kier alpha value is -2.16. The highest BCUT2D eigenvalue weighted by Crippen LogP contribution is 2.32. The number of aromatic nitrogens is 2. The molecule has 0 saturated carbocycles. The Morgan fingerprint density at radius 2 is 2.09 bits per heavy atom. The lowest BCUT2D eigenvalue weighted by Gasteiger charge is -2.30. The van der Waals surface area contributed by atoms with Crippen LogP contribution in [-0.4, -0.2) is 54.2 Å². The topological polar surface area (TPSA) is 115 Å². The number of anilines is 3. The fraction of sp³-hybridized carbons (Fsp3) is 0.692. The number of nitrogens with two attached hydrogens (primary N) is 1. The first-order valence-electron chi connectivity index (χ1n) is 7.57. The largest absolute Gasteiger partial charge is 0.378 e. The number of nitrogen functional groups attached to an aromatic ring is 1. The van der Waals surface area contributed by atoms with Gasteiger partial charge in [-0.25, -0.2) is 0 Å². The van der Waals surface area contributed by atoms with Crippen molar-refractivity contribution in [1.29, 1.82) is 0 Å². The van der Waals surface area contributed by atoms with E-state index in [2.05, 4.69) is 22.3 Å². The number of nitro groups is 1. The van der Waals surface area contributed by atoms with Crippen LogP contribution < -0.4 is 20.9 Å². The van der Waals surface area contributed by atoms with E-state index in [9.17, 15) is 10.1 Å². The standard InChI is InChI=1S/C13H23N7O2/c1-4-9(2)15-13-16-11(14)10(20(21)22)12(17-13)19-7-5-18(3)6-8-19/h9H,4-8H2,1-3H3,(H3,14,15,16,17)/p+1/t9-/m1/s1. The zero-order valence-electron chi connectivity index (χ0n) is 13.3. The van der Waals surface area contributed by atoms with E-state index >= 15 is 0 Å². The second kappa shape index (κ2) is 6.73. The van der Waals surface area contributed by atoms with Crippen molar-refractivity contribution < 1.29 is 9.82 Å². The lowest BCUT2D eigenvalue weighted by molar-refractivity contribution is -0.880. The molecule has 0 aromatic carbocycles. The molecular weight excluding hydrogens is 286 g/mol. The van der Waals surface area contributed by atoms with Gasteiger partial charge in [0.2, 0.25) is 17.6 Å². The quantitative estimate of drug-likeness (QED) is 0.496. The molecule has 0 bridgehead atoms. The molecule has 9 heteroatoms.